The van der Waals surface area contributed by atoms with Crippen LogP contribution in [0.2, 0.25) is 0 Å². The summed E-state index contributed by atoms with van der Waals surface area (Å²) in [6, 6.07) is 13.5. The molecule has 0 spiro atoms. The summed E-state index contributed by atoms with van der Waals surface area (Å²) in [5.41, 5.74) is 3.10. The fraction of sp³-hybridized carbons (Fsp3) is 0.292. The van der Waals surface area contributed by atoms with Gasteiger partial charge in [0.2, 0.25) is 0 Å². The molecule has 7 nitrogen and oxygen atoms in total. The van der Waals surface area contributed by atoms with Gasteiger partial charge >= 0.3 is 0 Å². The van der Waals surface area contributed by atoms with Crippen molar-refractivity contribution >= 4 is 32.7 Å². The Morgan fingerprint density at radius 2 is 1.82 bits per heavy atom. The van der Waals surface area contributed by atoms with Gasteiger partial charge in [0, 0.05) is 24.7 Å². The number of methoxy groups -OCH3 is 1. The predicted octanol–water partition coefficient (Wildman–Crippen LogP) is 4.34. The van der Waals surface area contributed by atoms with Gasteiger partial charge in [-0.25, -0.2) is 9.07 Å². The Balaban J connectivity index is 1.26. The smallest absolute Gasteiger partial charge is 0.251 e. The highest BCUT2D eigenvalue weighted by molar-refractivity contribution is 7.22. The number of rotatable bonds is 5. The number of fused-ring (bicyclic) bond motifs is 1. The molecule has 1 saturated heterocycles. The van der Waals surface area contributed by atoms with Crippen LogP contribution in [-0.2, 0) is 0 Å². The molecule has 0 unspecified atom stereocenters. The SMILES string of the molecule is COc1ccc(C(=O)NC2CCN(c3nc4c(s3)c(C)nn4-c3ccc(F)cc3)CC2)cc1. The summed E-state index contributed by atoms with van der Waals surface area (Å²) in [6.45, 7) is 3.59. The number of hydrogen-bond acceptors (Lipinski definition) is 6. The van der Waals surface area contributed by atoms with E-state index in [1.54, 1.807) is 59.5 Å². The van der Waals surface area contributed by atoms with Crippen molar-refractivity contribution in [3.05, 3.63) is 65.6 Å². The number of thiazole rings is 1. The third kappa shape index (κ3) is 4.28. The van der Waals surface area contributed by atoms with Crippen molar-refractivity contribution in [2.24, 2.45) is 0 Å². The van der Waals surface area contributed by atoms with Crippen LogP contribution in [0.3, 0.4) is 0 Å². The standard InChI is InChI=1S/C24H24FN5O2S/c1-15-21-22(30(28-15)19-7-5-17(25)6-8-19)27-24(33-21)29-13-11-18(12-14-29)26-23(31)16-3-9-20(32-2)10-4-16/h3-10,18H,11-14H2,1-2H3,(H,26,31). The maximum Gasteiger partial charge on any atom is 0.251 e. The van der Waals surface area contributed by atoms with Crippen LogP contribution in [0.25, 0.3) is 16.0 Å². The van der Waals surface area contributed by atoms with Crippen LogP contribution in [-0.4, -0.2) is 46.9 Å². The van der Waals surface area contributed by atoms with Gasteiger partial charge in [-0.1, -0.05) is 11.3 Å². The molecule has 0 radical (unpaired) electrons. The molecular weight excluding hydrogens is 441 g/mol. The average Bonchev–Trinajstić information content (AvgIpc) is 3.41. The van der Waals surface area contributed by atoms with Gasteiger partial charge in [0.15, 0.2) is 10.8 Å². The van der Waals surface area contributed by atoms with Crippen LogP contribution >= 0.6 is 11.3 Å². The maximum atomic E-state index is 13.3. The fourth-order valence-electron chi connectivity index (χ4n) is 4.05. The Morgan fingerprint density at radius 3 is 2.48 bits per heavy atom. The second-order valence-electron chi connectivity index (χ2n) is 8.09. The minimum Gasteiger partial charge on any atom is -0.497 e. The number of aromatic nitrogens is 3. The molecule has 4 aromatic rings. The summed E-state index contributed by atoms with van der Waals surface area (Å²) in [5.74, 6) is 0.388. The van der Waals surface area contributed by atoms with Crippen molar-refractivity contribution in [1.82, 2.24) is 20.1 Å². The zero-order chi connectivity index (χ0) is 22.9. The van der Waals surface area contributed by atoms with E-state index in [0.717, 1.165) is 58.5 Å². The summed E-state index contributed by atoms with van der Waals surface area (Å²) >= 11 is 1.62. The lowest BCUT2D eigenvalue weighted by molar-refractivity contribution is 0.0931. The zero-order valence-corrected chi connectivity index (χ0v) is 19.2. The normalized spacial score (nSPS) is 14.6. The second-order valence-corrected chi connectivity index (χ2v) is 9.06. The number of piperidine rings is 1. The summed E-state index contributed by atoms with van der Waals surface area (Å²) in [4.78, 5) is 19.7. The Bertz CT molecular complexity index is 1270. The van der Waals surface area contributed by atoms with Gasteiger partial charge in [-0.05, 0) is 68.3 Å². The molecule has 0 atom stereocenters. The lowest BCUT2D eigenvalue weighted by atomic mass is 10.0. The number of nitrogens with one attached hydrogen (secondary N) is 1. The van der Waals surface area contributed by atoms with Gasteiger partial charge in [0.25, 0.3) is 5.91 Å². The predicted molar refractivity (Wildman–Crippen MR) is 127 cm³/mol. The number of aryl methyl sites for hydroxylation is 1. The van der Waals surface area contributed by atoms with Crippen molar-refractivity contribution in [3.63, 3.8) is 0 Å². The first-order valence-electron chi connectivity index (χ1n) is 10.8. The number of anilines is 1. The highest BCUT2D eigenvalue weighted by atomic mass is 32.1. The molecule has 3 heterocycles. The Kier molecular flexibility index (Phi) is 5.72. The van der Waals surface area contributed by atoms with Crippen LogP contribution in [0.15, 0.2) is 48.5 Å². The number of ether oxygens (including phenoxy) is 1. The monoisotopic (exact) mass is 465 g/mol. The number of halogens is 1. The Hall–Kier alpha value is -3.46. The third-order valence-corrected chi connectivity index (χ3v) is 7.12. The van der Waals surface area contributed by atoms with E-state index in [1.165, 1.54) is 12.1 Å². The summed E-state index contributed by atoms with van der Waals surface area (Å²) in [6.07, 6.45) is 1.70. The first-order chi connectivity index (χ1) is 16.0. The highest BCUT2D eigenvalue weighted by Gasteiger charge is 2.25. The van der Waals surface area contributed by atoms with Gasteiger partial charge in [0.1, 0.15) is 11.6 Å². The number of nitrogens with zero attached hydrogens (tertiary/aromatic N) is 4. The minimum absolute atomic E-state index is 0.0638. The Labute approximate surface area is 194 Å². The highest BCUT2D eigenvalue weighted by Crippen LogP contribution is 2.33. The number of carbonyl (C=O) groups is 1. The van der Waals surface area contributed by atoms with Crippen molar-refractivity contribution in [2.75, 3.05) is 25.1 Å². The molecule has 1 fully saturated rings. The molecular formula is C24H24FN5O2S. The minimum atomic E-state index is -0.278. The van der Waals surface area contributed by atoms with Crippen LogP contribution in [0, 0.1) is 12.7 Å². The summed E-state index contributed by atoms with van der Waals surface area (Å²) < 4.78 is 21.3. The molecule has 2 aromatic heterocycles. The lowest BCUT2D eigenvalue weighted by Gasteiger charge is -2.32. The first kappa shape index (κ1) is 21.4. The molecule has 33 heavy (non-hydrogen) atoms. The van der Waals surface area contributed by atoms with Gasteiger partial charge in [-0.15, -0.1) is 0 Å². The third-order valence-electron chi connectivity index (χ3n) is 5.90. The Morgan fingerprint density at radius 1 is 1.12 bits per heavy atom. The molecule has 1 amide bonds. The average molecular weight is 466 g/mol. The van der Waals surface area contributed by atoms with Crippen LogP contribution in [0.5, 0.6) is 5.75 Å². The molecule has 1 aliphatic heterocycles. The summed E-state index contributed by atoms with van der Waals surface area (Å²) in [5, 5.41) is 8.68. The lowest BCUT2D eigenvalue weighted by Crippen LogP contribution is -2.44. The van der Waals surface area contributed by atoms with Crippen LogP contribution < -0.4 is 15.0 Å². The van der Waals surface area contributed by atoms with Crippen molar-refractivity contribution in [2.45, 2.75) is 25.8 Å². The van der Waals surface area contributed by atoms with E-state index in [0.29, 0.717) is 5.56 Å². The maximum absolute atomic E-state index is 13.3. The van der Waals surface area contributed by atoms with E-state index in [-0.39, 0.29) is 17.8 Å². The van der Waals surface area contributed by atoms with Crippen LogP contribution in [0.1, 0.15) is 28.9 Å². The zero-order valence-electron chi connectivity index (χ0n) is 18.4. The van der Waals surface area contributed by atoms with Gasteiger partial charge < -0.3 is 15.0 Å². The van der Waals surface area contributed by atoms with Gasteiger partial charge in [0.05, 0.1) is 23.2 Å². The van der Waals surface area contributed by atoms with Gasteiger partial charge in [-0.2, -0.15) is 10.1 Å². The van der Waals surface area contributed by atoms with E-state index in [1.807, 2.05) is 6.92 Å². The number of benzene rings is 2. The molecule has 1 N–H and O–H groups in total. The van der Waals surface area contributed by atoms with Gasteiger partial charge in [-0.3, -0.25) is 4.79 Å². The van der Waals surface area contributed by atoms with E-state index in [2.05, 4.69) is 15.3 Å². The van der Waals surface area contributed by atoms with E-state index >= 15 is 0 Å². The molecule has 0 aliphatic carbocycles. The van der Waals surface area contributed by atoms with E-state index in [9.17, 15) is 9.18 Å². The molecule has 1 aliphatic rings. The topological polar surface area (TPSA) is 72.3 Å². The second kappa shape index (κ2) is 8.82. The van der Waals surface area contributed by atoms with E-state index in [4.69, 9.17) is 9.72 Å². The molecule has 0 bridgehead atoms. The molecule has 9 heteroatoms. The number of carbonyl (C=O) groups excluding carboxylic acids is 1. The molecule has 5 rings (SSSR count). The summed E-state index contributed by atoms with van der Waals surface area (Å²) in [7, 11) is 1.61. The van der Waals surface area contributed by atoms with Crippen molar-refractivity contribution in [3.8, 4) is 11.4 Å². The number of amides is 1. The van der Waals surface area contributed by atoms with E-state index < -0.39 is 0 Å². The fourth-order valence-corrected chi connectivity index (χ4v) is 5.09. The molecule has 170 valence electrons. The largest absolute Gasteiger partial charge is 0.497 e. The molecule has 2 aromatic carbocycles. The number of hydrogen-bond donors (Lipinski definition) is 1. The van der Waals surface area contributed by atoms with Crippen molar-refractivity contribution < 1.29 is 13.9 Å². The quantitative estimate of drug-likeness (QED) is 0.475. The van der Waals surface area contributed by atoms with Crippen molar-refractivity contribution in [1.29, 1.82) is 0 Å². The first-order valence-corrected chi connectivity index (χ1v) is 11.7. The molecule has 0 saturated carbocycles. The van der Waals surface area contributed by atoms with Crippen LogP contribution in [0.4, 0.5) is 9.52 Å².